The Balaban J connectivity index is 1.97. The van der Waals surface area contributed by atoms with Crippen LogP contribution in [0.1, 0.15) is 11.1 Å². The van der Waals surface area contributed by atoms with Crippen molar-refractivity contribution in [2.24, 2.45) is 0 Å². The van der Waals surface area contributed by atoms with Gasteiger partial charge in [-0.15, -0.1) is 0 Å². The van der Waals surface area contributed by atoms with Gasteiger partial charge in [-0.05, 0) is 11.1 Å². The molecule has 0 heterocycles. The summed E-state index contributed by atoms with van der Waals surface area (Å²) in [7, 11) is 0. The minimum absolute atomic E-state index is 0.197. The fourth-order valence-corrected chi connectivity index (χ4v) is 3.77. The van der Waals surface area contributed by atoms with Crippen LogP contribution in [0.4, 0.5) is 0 Å². The number of benzene rings is 2. The first-order chi connectivity index (χ1) is 12.3. The van der Waals surface area contributed by atoms with Crippen LogP contribution in [0.2, 0.25) is 0 Å². The van der Waals surface area contributed by atoms with E-state index in [4.69, 9.17) is 0 Å². The van der Waals surface area contributed by atoms with E-state index in [0.717, 1.165) is 0 Å². The van der Waals surface area contributed by atoms with Gasteiger partial charge in [-0.3, -0.25) is 0 Å². The van der Waals surface area contributed by atoms with Gasteiger partial charge in [0.1, 0.15) is 35.6 Å². The topological polar surface area (TPSA) is 121 Å². The minimum Gasteiger partial charge on any atom is -0.387 e. The van der Waals surface area contributed by atoms with E-state index in [1.165, 1.54) is 0 Å². The van der Waals surface area contributed by atoms with Crippen LogP contribution >= 0.6 is 0 Å². The first-order valence-corrected chi connectivity index (χ1v) is 8.54. The average Bonchev–Trinajstić information content (AvgIpc) is 2.66. The Morgan fingerprint density at radius 3 is 1.31 bits per heavy atom. The first-order valence-electron chi connectivity index (χ1n) is 8.54. The van der Waals surface area contributed by atoms with Gasteiger partial charge < -0.3 is 30.6 Å². The molecule has 1 fully saturated rings. The Morgan fingerprint density at radius 1 is 0.615 bits per heavy atom. The quantitative estimate of drug-likeness (QED) is 0.433. The van der Waals surface area contributed by atoms with Crippen molar-refractivity contribution in [3.8, 4) is 0 Å². The summed E-state index contributed by atoms with van der Waals surface area (Å²) in [6, 6.07) is 17.3. The molecule has 0 aromatic heterocycles. The molecule has 2 aromatic carbocycles. The van der Waals surface area contributed by atoms with E-state index in [9.17, 15) is 30.6 Å². The molecule has 0 bridgehead atoms. The van der Waals surface area contributed by atoms with Crippen LogP contribution in [0.25, 0.3) is 0 Å². The third-order valence-electron chi connectivity index (χ3n) is 5.28. The lowest BCUT2D eigenvalue weighted by Gasteiger charge is -2.54. The summed E-state index contributed by atoms with van der Waals surface area (Å²) >= 11 is 0. The van der Waals surface area contributed by atoms with Gasteiger partial charge in [0, 0.05) is 12.8 Å². The molecular formula is C20H24O6. The Labute approximate surface area is 151 Å². The van der Waals surface area contributed by atoms with Crippen LogP contribution in [0, 0.1) is 0 Å². The third kappa shape index (κ3) is 3.16. The molecule has 0 spiro atoms. The smallest absolute Gasteiger partial charge is 0.126 e. The number of hydrogen-bond donors (Lipinski definition) is 6. The van der Waals surface area contributed by atoms with Gasteiger partial charge in [0.25, 0.3) is 0 Å². The van der Waals surface area contributed by atoms with E-state index in [2.05, 4.69) is 0 Å². The van der Waals surface area contributed by atoms with E-state index in [1.807, 2.05) is 0 Å². The molecule has 0 radical (unpaired) electrons. The summed E-state index contributed by atoms with van der Waals surface area (Å²) in [6.45, 7) is 0. The third-order valence-corrected chi connectivity index (χ3v) is 5.28. The summed E-state index contributed by atoms with van der Waals surface area (Å²) in [5.74, 6) is 0. The standard InChI is InChI=1S/C20H24O6/c21-15-16(22)19(25,11-13-7-3-1-4-8-13)18(24)20(26,17(15)23)12-14-9-5-2-6-10-14/h1-10,15-18,21-26H,11-12H2/t15?,16-,17+,18?,19-,20-/m0/s1. The highest BCUT2D eigenvalue weighted by Gasteiger charge is 2.64. The summed E-state index contributed by atoms with van der Waals surface area (Å²) in [5, 5.41) is 63.9. The Hall–Kier alpha value is -1.80. The maximum atomic E-state index is 11.0. The van der Waals surface area contributed by atoms with Crippen LogP contribution in [-0.2, 0) is 12.8 Å². The molecule has 0 saturated heterocycles. The van der Waals surface area contributed by atoms with Crippen molar-refractivity contribution < 1.29 is 30.6 Å². The second-order valence-corrected chi connectivity index (χ2v) is 7.09. The lowest BCUT2D eigenvalue weighted by Crippen LogP contribution is -2.77. The highest BCUT2D eigenvalue weighted by atomic mass is 16.4. The maximum absolute atomic E-state index is 11.0. The molecule has 26 heavy (non-hydrogen) atoms. The van der Waals surface area contributed by atoms with Crippen molar-refractivity contribution in [1.82, 2.24) is 0 Å². The largest absolute Gasteiger partial charge is 0.387 e. The number of hydrogen-bond acceptors (Lipinski definition) is 6. The van der Waals surface area contributed by atoms with E-state index in [0.29, 0.717) is 11.1 Å². The number of rotatable bonds is 4. The second-order valence-electron chi connectivity index (χ2n) is 7.09. The van der Waals surface area contributed by atoms with Crippen LogP contribution < -0.4 is 0 Å². The van der Waals surface area contributed by atoms with Gasteiger partial charge in [-0.25, -0.2) is 0 Å². The molecule has 0 amide bonds. The summed E-state index contributed by atoms with van der Waals surface area (Å²) in [4.78, 5) is 0. The van der Waals surface area contributed by atoms with E-state index in [1.54, 1.807) is 60.7 Å². The molecule has 6 atom stereocenters. The van der Waals surface area contributed by atoms with Gasteiger partial charge in [0.05, 0.1) is 0 Å². The zero-order valence-electron chi connectivity index (χ0n) is 14.2. The molecule has 0 aliphatic heterocycles. The molecule has 3 rings (SSSR count). The molecular weight excluding hydrogens is 336 g/mol. The molecule has 6 heteroatoms. The van der Waals surface area contributed by atoms with E-state index in [-0.39, 0.29) is 12.8 Å². The van der Waals surface area contributed by atoms with Gasteiger partial charge in [-0.1, -0.05) is 60.7 Å². The van der Waals surface area contributed by atoms with Crippen LogP contribution in [-0.4, -0.2) is 66.3 Å². The van der Waals surface area contributed by atoms with Crippen molar-refractivity contribution in [3.63, 3.8) is 0 Å². The fourth-order valence-electron chi connectivity index (χ4n) is 3.77. The summed E-state index contributed by atoms with van der Waals surface area (Å²) < 4.78 is 0. The Bertz CT molecular complexity index is 662. The highest BCUT2D eigenvalue weighted by Crippen LogP contribution is 2.40. The normalized spacial score (nSPS) is 37.5. The second kappa shape index (κ2) is 7.08. The Kier molecular flexibility index (Phi) is 5.16. The highest BCUT2D eigenvalue weighted by molar-refractivity contribution is 5.26. The zero-order valence-corrected chi connectivity index (χ0v) is 14.2. The average molecular weight is 360 g/mol. The van der Waals surface area contributed by atoms with Crippen molar-refractivity contribution in [3.05, 3.63) is 71.8 Å². The first kappa shape index (κ1) is 19.0. The van der Waals surface area contributed by atoms with Crippen LogP contribution in [0.3, 0.4) is 0 Å². The van der Waals surface area contributed by atoms with Gasteiger partial charge >= 0.3 is 0 Å². The summed E-state index contributed by atoms with van der Waals surface area (Å²) in [6.07, 6.45) is -7.76. The molecule has 1 aliphatic carbocycles. The van der Waals surface area contributed by atoms with Crippen molar-refractivity contribution in [1.29, 1.82) is 0 Å². The minimum atomic E-state index is -2.23. The Morgan fingerprint density at radius 2 is 0.962 bits per heavy atom. The number of aliphatic hydroxyl groups excluding tert-OH is 4. The monoisotopic (exact) mass is 360 g/mol. The molecule has 2 unspecified atom stereocenters. The molecule has 6 N–H and O–H groups in total. The molecule has 6 nitrogen and oxygen atoms in total. The molecule has 1 saturated carbocycles. The molecule has 1 aliphatic rings. The summed E-state index contributed by atoms with van der Waals surface area (Å²) in [5.41, 5.74) is -3.25. The van der Waals surface area contributed by atoms with Gasteiger partial charge in [0.15, 0.2) is 0 Å². The van der Waals surface area contributed by atoms with Crippen molar-refractivity contribution in [2.75, 3.05) is 0 Å². The molecule has 140 valence electrons. The lowest BCUT2D eigenvalue weighted by molar-refractivity contribution is -0.304. The van der Waals surface area contributed by atoms with Gasteiger partial charge in [0.2, 0.25) is 0 Å². The maximum Gasteiger partial charge on any atom is 0.126 e. The predicted octanol–water partition coefficient (Wildman–Crippen LogP) is -0.609. The van der Waals surface area contributed by atoms with Gasteiger partial charge in [-0.2, -0.15) is 0 Å². The SMILES string of the molecule is OC1[C@@H](O)[C@@](O)(Cc2ccccc2)C(O)[C@](O)(Cc2ccccc2)[C@H]1O. The van der Waals surface area contributed by atoms with E-state index >= 15 is 0 Å². The molecule has 2 aromatic rings. The zero-order chi connectivity index (χ0) is 18.9. The lowest BCUT2D eigenvalue weighted by atomic mass is 9.64. The van der Waals surface area contributed by atoms with E-state index < -0.39 is 35.6 Å². The van der Waals surface area contributed by atoms with Crippen LogP contribution in [0.5, 0.6) is 0 Å². The fraction of sp³-hybridized carbons (Fsp3) is 0.400. The van der Waals surface area contributed by atoms with Crippen molar-refractivity contribution in [2.45, 2.75) is 48.5 Å². The van der Waals surface area contributed by atoms with Crippen LogP contribution in [0.15, 0.2) is 60.7 Å². The number of aliphatic hydroxyl groups is 6. The predicted molar refractivity (Wildman–Crippen MR) is 94.2 cm³/mol. The van der Waals surface area contributed by atoms with Crippen molar-refractivity contribution >= 4 is 0 Å².